The van der Waals surface area contributed by atoms with Crippen LogP contribution >= 0.6 is 0 Å². The van der Waals surface area contributed by atoms with Crippen LogP contribution in [0.3, 0.4) is 0 Å². The molecule has 4 aromatic heterocycles. The summed E-state index contributed by atoms with van der Waals surface area (Å²) in [5, 5.41) is 24.6. The van der Waals surface area contributed by atoms with Gasteiger partial charge in [0.15, 0.2) is 0 Å². The van der Waals surface area contributed by atoms with E-state index in [1.165, 1.54) is 22.8 Å². The van der Waals surface area contributed by atoms with Gasteiger partial charge < -0.3 is 0 Å². The van der Waals surface area contributed by atoms with Gasteiger partial charge in [-0.3, -0.25) is 14.0 Å². The van der Waals surface area contributed by atoms with Crippen LogP contribution < -0.4 is 0 Å². The van der Waals surface area contributed by atoms with Crippen LogP contribution in [0.2, 0.25) is 0 Å². The lowest BCUT2D eigenvalue weighted by Crippen LogP contribution is -1.99. The molecule has 39 heavy (non-hydrogen) atoms. The third kappa shape index (κ3) is 11.5. The second-order valence-corrected chi connectivity index (χ2v) is 11.1. The number of hydrogen-bond acceptors (Lipinski definition) is 6. The average molecular weight is 541 g/mol. The molecule has 0 aliphatic rings. The van der Waals surface area contributed by atoms with Gasteiger partial charge in [-0.1, -0.05) is 60.6 Å². The summed E-state index contributed by atoms with van der Waals surface area (Å²) >= 11 is 0. The van der Waals surface area contributed by atoms with Crippen LogP contribution in [0.4, 0.5) is 0 Å². The van der Waals surface area contributed by atoms with Gasteiger partial charge in [-0.2, -0.15) is 25.2 Å². The van der Waals surface area contributed by atoms with Crippen molar-refractivity contribution in [2.24, 2.45) is 21.1 Å². The monoisotopic (exact) mass is 540 g/mol. The molecule has 0 bridgehead atoms. The minimum Gasteiger partial charge on any atom is -0.273 e. The molecule has 0 saturated heterocycles. The van der Waals surface area contributed by atoms with Crippen LogP contribution in [0.5, 0.6) is 0 Å². The summed E-state index contributed by atoms with van der Waals surface area (Å²) in [4.78, 5) is 1.58. The molecule has 0 unspecified atom stereocenters. The molecule has 0 radical (unpaired) electrons. The minimum atomic E-state index is 0.485. The van der Waals surface area contributed by atoms with E-state index in [0.29, 0.717) is 23.7 Å². The largest absolute Gasteiger partial charge is 0.273 e. The first kappa shape index (κ1) is 33.7. The van der Waals surface area contributed by atoms with Crippen molar-refractivity contribution in [3.63, 3.8) is 0 Å². The number of rotatable bonds is 5. The summed E-state index contributed by atoms with van der Waals surface area (Å²) in [6, 6.07) is 4.29. The summed E-state index contributed by atoms with van der Waals surface area (Å²) in [5.41, 5.74) is 6.97. The fourth-order valence-corrected chi connectivity index (χ4v) is 3.26. The standard InChI is InChI=1S/C9H16N2.C8H14N2.2C6H11N3/c1-5-11-8(4)6-9(10-11)7(2)3;1-6(2)8-5-7(3)10(4)9-8;1-5(2)6-4-9(3)8-7-6;1-5(2)6-4-7-9(3)8-6/h6-7H,5H2,1-4H3;5-6H,1-4H3;2*4-5H,1-3H3. The Morgan fingerprint density at radius 3 is 1.41 bits per heavy atom. The molecule has 0 fully saturated rings. The van der Waals surface area contributed by atoms with Crippen LogP contribution in [0.15, 0.2) is 24.5 Å². The van der Waals surface area contributed by atoms with E-state index in [1.54, 1.807) is 15.7 Å². The van der Waals surface area contributed by atoms with Gasteiger partial charge in [0, 0.05) is 45.3 Å². The maximum Gasteiger partial charge on any atom is 0.0852 e. The van der Waals surface area contributed by atoms with E-state index in [9.17, 15) is 0 Å². The lowest BCUT2D eigenvalue weighted by molar-refractivity contribution is 0.620. The van der Waals surface area contributed by atoms with Crippen LogP contribution in [0.25, 0.3) is 0 Å². The van der Waals surface area contributed by atoms with Crippen LogP contribution in [-0.2, 0) is 27.7 Å². The lowest BCUT2D eigenvalue weighted by Gasteiger charge is -1.98. The summed E-state index contributed by atoms with van der Waals surface area (Å²) < 4.78 is 5.67. The summed E-state index contributed by atoms with van der Waals surface area (Å²) in [6.07, 6.45) is 3.73. The normalized spacial score (nSPS) is 10.8. The maximum atomic E-state index is 4.44. The topological polar surface area (TPSA) is 97.1 Å². The molecule has 4 aromatic rings. The molecule has 0 spiro atoms. The van der Waals surface area contributed by atoms with Gasteiger partial charge in [-0.25, -0.2) is 0 Å². The van der Waals surface area contributed by atoms with E-state index in [1.807, 2.05) is 36.7 Å². The minimum absolute atomic E-state index is 0.485. The van der Waals surface area contributed by atoms with Crippen molar-refractivity contribution in [1.29, 1.82) is 0 Å². The number of nitrogens with zero attached hydrogens (tertiary/aromatic N) is 10. The average Bonchev–Trinajstić information content (AvgIpc) is 3.64. The number of aryl methyl sites for hydroxylation is 6. The smallest absolute Gasteiger partial charge is 0.0852 e. The van der Waals surface area contributed by atoms with Crippen molar-refractivity contribution in [2.45, 2.75) is 106 Å². The van der Waals surface area contributed by atoms with E-state index in [0.717, 1.165) is 17.9 Å². The van der Waals surface area contributed by atoms with Crippen molar-refractivity contribution in [2.75, 3.05) is 0 Å². The maximum absolute atomic E-state index is 4.44. The number of aromatic nitrogens is 10. The Kier molecular flexibility index (Phi) is 13.8. The van der Waals surface area contributed by atoms with Gasteiger partial charge in [-0.15, -0.1) is 5.10 Å². The Balaban J connectivity index is 0.000000261. The molecule has 4 heterocycles. The molecule has 0 amide bonds. The van der Waals surface area contributed by atoms with Crippen molar-refractivity contribution in [3.05, 3.63) is 58.7 Å². The highest BCUT2D eigenvalue weighted by Crippen LogP contribution is 2.14. The Bertz CT molecular complexity index is 1160. The van der Waals surface area contributed by atoms with Gasteiger partial charge in [0.1, 0.15) is 0 Å². The number of hydrogen-bond donors (Lipinski definition) is 0. The van der Waals surface area contributed by atoms with Crippen LogP contribution in [0.1, 0.15) is 120 Å². The predicted octanol–water partition coefficient (Wildman–Crippen LogP) is 6.06. The molecular weight excluding hydrogens is 488 g/mol. The molecule has 4 rings (SSSR count). The second-order valence-electron chi connectivity index (χ2n) is 11.1. The molecule has 0 aliphatic heterocycles. The van der Waals surface area contributed by atoms with E-state index in [4.69, 9.17) is 0 Å². The van der Waals surface area contributed by atoms with E-state index in [-0.39, 0.29) is 0 Å². The fraction of sp³-hybridized carbons (Fsp3) is 0.655. The fourth-order valence-electron chi connectivity index (χ4n) is 3.26. The highest BCUT2D eigenvalue weighted by Gasteiger charge is 2.06. The Labute approximate surface area is 235 Å². The van der Waals surface area contributed by atoms with E-state index < -0.39 is 0 Å². The third-order valence-electron chi connectivity index (χ3n) is 6.04. The Morgan fingerprint density at radius 1 is 0.667 bits per heavy atom. The highest BCUT2D eigenvalue weighted by molar-refractivity contribution is 5.12. The first-order valence-electron chi connectivity index (χ1n) is 13.9. The van der Waals surface area contributed by atoms with Gasteiger partial charge in [0.2, 0.25) is 0 Å². The molecule has 0 aromatic carbocycles. The summed E-state index contributed by atoms with van der Waals surface area (Å²) in [5.74, 6) is 2.05. The lowest BCUT2D eigenvalue weighted by atomic mass is 10.1. The van der Waals surface area contributed by atoms with Crippen LogP contribution in [0, 0.1) is 13.8 Å². The SMILES string of the molecule is CC(C)c1cn(C)nn1.CC(C)c1cnn(C)n1.CCn1nc(C(C)C)cc1C.Cc1cc(C(C)C)nn1C. The first-order valence-corrected chi connectivity index (χ1v) is 13.9. The zero-order chi connectivity index (χ0) is 29.9. The highest BCUT2D eigenvalue weighted by atomic mass is 15.4. The summed E-state index contributed by atoms with van der Waals surface area (Å²) in [7, 11) is 5.67. The second kappa shape index (κ2) is 16.0. The Hall–Kier alpha value is -3.30. The van der Waals surface area contributed by atoms with Crippen molar-refractivity contribution in [1.82, 2.24) is 49.5 Å². The van der Waals surface area contributed by atoms with Crippen LogP contribution in [-0.4, -0.2) is 49.5 Å². The molecule has 10 heteroatoms. The molecular formula is C29H52N10. The molecule has 218 valence electrons. The van der Waals surface area contributed by atoms with Gasteiger partial charge in [0.25, 0.3) is 0 Å². The molecule has 0 aliphatic carbocycles. The zero-order valence-electron chi connectivity index (χ0n) is 26.8. The zero-order valence-corrected chi connectivity index (χ0v) is 26.8. The quantitative estimate of drug-likeness (QED) is 0.305. The van der Waals surface area contributed by atoms with Gasteiger partial charge in [-0.05, 0) is 56.6 Å². The molecule has 10 nitrogen and oxygen atoms in total. The van der Waals surface area contributed by atoms with E-state index >= 15 is 0 Å². The van der Waals surface area contributed by atoms with Gasteiger partial charge in [0.05, 0.1) is 29.0 Å². The molecule has 0 atom stereocenters. The third-order valence-corrected chi connectivity index (χ3v) is 6.04. The summed E-state index contributed by atoms with van der Waals surface area (Å²) in [6.45, 7) is 24.3. The molecule has 0 N–H and O–H groups in total. The first-order chi connectivity index (χ1) is 18.2. The van der Waals surface area contributed by atoms with Crippen molar-refractivity contribution < 1.29 is 0 Å². The van der Waals surface area contributed by atoms with E-state index in [2.05, 4.69) is 119 Å². The van der Waals surface area contributed by atoms with Crippen molar-refractivity contribution >= 4 is 0 Å². The van der Waals surface area contributed by atoms with Gasteiger partial charge >= 0.3 is 0 Å². The predicted molar refractivity (Wildman–Crippen MR) is 159 cm³/mol. The Morgan fingerprint density at radius 2 is 1.18 bits per heavy atom. The molecule has 0 saturated carbocycles. The van der Waals surface area contributed by atoms with Crippen molar-refractivity contribution in [3.8, 4) is 0 Å².